The zero-order chi connectivity index (χ0) is 17.4. The zero-order valence-corrected chi connectivity index (χ0v) is 14.5. The Balaban J connectivity index is 1.97. The third-order valence-electron chi connectivity index (χ3n) is 4.26. The van der Waals surface area contributed by atoms with Gasteiger partial charge in [-0.05, 0) is 53.9 Å². The second-order valence-electron chi connectivity index (χ2n) is 5.67. The first-order chi connectivity index (χ1) is 11.4. The van der Waals surface area contributed by atoms with E-state index < -0.39 is 5.82 Å². The number of carbonyl (C=O) groups excluding carboxylic acids is 1. The molecule has 0 unspecified atom stereocenters. The largest absolute Gasteiger partial charge is 0.507 e. The number of phenols is 1. The van der Waals surface area contributed by atoms with Crippen LogP contribution in [0.3, 0.4) is 0 Å². The summed E-state index contributed by atoms with van der Waals surface area (Å²) >= 11 is 3.11. The van der Waals surface area contributed by atoms with Crippen molar-refractivity contribution in [3.63, 3.8) is 0 Å². The van der Waals surface area contributed by atoms with Crippen LogP contribution in [0.2, 0.25) is 0 Å². The van der Waals surface area contributed by atoms with Crippen molar-refractivity contribution in [2.75, 3.05) is 0 Å². The van der Waals surface area contributed by atoms with Crippen molar-refractivity contribution in [3.8, 4) is 11.8 Å². The molecule has 2 aromatic rings. The molecule has 1 aromatic carbocycles. The van der Waals surface area contributed by atoms with E-state index in [1.807, 2.05) is 11.5 Å². The number of carbonyl (C=O) groups is 1. The van der Waals surface area contributed by atoms with E-state index in [0.717, 1.165) is 36.8 Å². The second-order valence-corrected chi connectivity index (χ2v) is 6.53. The van der Waals surface area contributed by atoms with E-state index in [-0.39, 0.29) is 17.1 Å². The number of phenolic OH excluding ortho intramolecular Hbond substituents is 1. The minimum absolute atomic E-state index is 0.177. The number of aromatic hydroxyl groups is 1. The van der Waals surface area contributed by atoms with Crippen LogP contribution in [-0.4, -0.2) is 15.5 Å². The summed E-state index contributed by atoms with van der Waals surface area (Å²) in [5, 5.41) is 18.8. The standard InChI is InChI=1S/C18H14BrFN2O2/c1-10-18(12(9-21)15-3-2-6-22(10)15)16(23)5-4-11-7-13(19)17(24)8-14(11)20/h4-5,7-8,24H,2-3,6H2,1H3/b5-4+. The Bertz CT molecular complexity index is 922. The third-order valence-corrected chi connectivity index (χ3v) is 4.90. The fourth-order valence-electron chi connectivity index (χ4n) is 3.11. The summed E-state index contributed by atoms with van der Waals surface area (Å²) in [7, 11) is 0. The van der Waals surface area contributed by atoms with Gasteiger partial charge in [0.15, 0.2) is 5.78 Å². The lowest BCUT2D eigenvalue weighted by Crippen LogP contribution is -2.01. The van der Waals surface area contributed by atoms with Crippen LogP contribution in [0, 0.1) is 24.1 Å². The fourth-order valence-corrected chi connectivity index (χ4v) is 3.48. The van der Waals surface area contributed by atoms with Crippen LogP contribution in [0.4, 0.5) is 4.39 Å². The number of fused-ring (bicyclic) bond motifs is 1. The second kappa shape index (κ2) is 6.25. The molecule has 1 aliphatic rings. The predicted molar refractivity (Wildman–Crippen MR) is 91.3 cm³/mol. The van der Waals surface area contributed by atoms with Gasteiger partial charge in [-0.25, -0.2) is 4.39 Å². The number of hydrogen-bond acceptors (Lipinski definition) is 3. The Morgan fingerprint density at radius 2 is 2.25 bits per heavy atom. The molecule has 122 valence electrons. The van der Waals surface area contributed by atoms with Crippen LogP contribution >= 0.6 is 15.9 Å². The van der Waals surface area contributed by atoms with Crippen LogP contribution in [0.15, 0.2) is 22.7 Å². The van der Waals surface area contributed by atoms with Crippen LogP contribution in [0.25, 0.3) is 6.08 Å². The first-order valence-corrected chi connectivity index (χ1v) is 8.25. The molecule has 0 saturated carbocycles. The van der Waals surface area contributed by atoms with Crippen LogP contribution in [-0.2, 0) is 13.0 Å². The number of halogens is 2. The lowest BCUT2D eigenvalue weighted by molar-refractivity contribution is 0.104. The first-order valence-electron chi connectivity index (χ1n) is 7.46. The molecule has 0 amide bonds. The molecule has 0 saturated heterocycles. The summed E-state index contributed by atoms with van der Waals surface area (Å²) in [5.74, 6) is -1.16. The van der Waals surface area contributed by atoms with E-state index in [1.165, 1.54) is 18.2 Å². The molecule has 6 heteroatoms. The van der Waals surface area contributed by atoms with Gasteiger partial charge in [-0.1, -0.05) is 0 Å². The number of nitriles is 1. The average Bonchev–Trinajstić information content (AvgIpc) is 3.11. The molecule has 0 spiro atoms. The number of aromatic nitrogens is 1. The third kappa shape index (κ3) is 2.65. The van der Waals surface area contributed by atoms with Crippen LogP contribution in [0.1, 0.15) is 39.3 Å². The number of rotatable bonds is 3. The number of nitrogens with zero attached hydrogens (tertiary/aromatic N) is 2. The van der Waals surface area contributed by atoms with E-state index in [0.29, 0.717) is 15.6 Å². The van der Waals surface area contributed by atoms with Gasteiger partial charge in [0.25, 0.3) is 0 Å². The SMILES string of the molecule is Cc1c(C(=O)/C=C/c2cc(Br)c(O)cc2F)c(C#N)c2n1CCC2. The summed E-state index contributed by atoms with van der Waals surface area (Å²) in [4.78, 5) is 12.6. The van der Waals surface area contributed by atoms with E-state index >= 15 is 0 Å². The molecule has 0 bridgehead atoms. The van der Waals surface area contributed by atoms with Gasteiger partial charge in [-0.2, -0.15) is 5.26 Å². The molecule has 0 atom stereocenters. The minimum Gasteiger partial charge on any atom is -0.507 e. The van der Waals surface area contributed by atoms with Crippen molar-refractivity contribution < 1.29 is 14.3 Å². The lowest BCUT2D eigenvalue weighted by Gasteiger charge is -2.02. The summed E-state index contributed by atoms with van der Waals surface area (Å²) in [6, 6.07) is 4.51. The molecule has 0 fully saturated rings. The number of hydrogen-bond donors (Lipinski definition) is 1. The topological polar surface area (TPSA) is 66.0 Å². The van der Waals surface area contributed by atoms with Gasteiger partial charge in [0, 0.05) is 29.6 Å². The molecule has 2 heterocycles. The first kappa shape index (κ1) is 16.5. The van der Waals surface area contributed by atoms with E-state index in [1.54, 1.807) is 0 Å². The molecule has 0 aliphatic carbocycles. The summed E-state index contributed by atoms with van der Waals surface area (Å²) in [6.45, 7) is 2.64. The van der Waals surface area contributed by atoms with Gasteiger partial charge in [0.2, 0.25) is 0 Å². The highest BCUT2D eigenvalue weighted by Gasteiger charge is 2.26. The van der Waals surface area contributed by atoms with Gasteiger partial charge in [0.1, 0.15) is 17.6 Å². The van der Waals surface area contributed by atoms with Gasteiger partial charge in [-0.3, -0.25) is 4.79 Å². The van der Waals surface area contributed by atoms with Gasteiger partial charge >= 0.3 is 0 Å². The quantitative estimate of drug-likeness (QED) is 0.635. The van der Waals surface area contributed by atoms with E-state index in [9.17, 15) is 19.6 Å². The molecule has 1 N–H and O–H groups in total. The monoisotopic (exact) mass is 388 g/mol. The van der Waals surface area contributed by atoms with Crippen molar-refractivity contribution in [1.29, 1.82) is 5.26 Å². The fraction of sp³-hybridized carbons (Fsp3) is 0.222. The maximum Gasteiger partial charge on any atom is 0.189 e. The minimum atomic E-state index is -0.628. The molecular formula is C18H14BrFN2O2. The van der Waals surface area contributed by atoms with Gasteiger partial charge in [0.05, 0.1) is 15.6 Å². The van der Waals surface area contributed by atoms with Crippen molar-refractivity contribution in [2.24, 2.45) is 0 Å². The Labute approximate surface area is 147 Å². The summed E-state index contributed by atoms with van der Waals surface area (Å²) < 4.78 is 16.2. The number of allylic oxidation sites excluding steroid dienone is 1. The molecule has 4 nitrogen and oxygen atoms in total. The Kier molecular flexibility index (Phi) is 4.29. The van der Waals surface area contributed by atoms with E-state index in [2.05, 4.69) is 22.0 Å². The summed E-state index contributed by atoms with van der Waals surface area (Å²) in [5.41, 5.74) is 2.68. The lowest BCUT2D eigenvalue weighted by atomic mass is 10.0. The molecule has 1 aromatic heterocycles. The number of ketones is 1. The van der Waals surface area contributed by atoms with E-state index in [4.69, 9.17) is 0 Å². The molecule has 0 radical (unpaired) electrons. The van der Waals surface area contributed by atoms with Crippen molar-refractivity contribution >= 4 is 27.8 Å². The van der Waals surface area contributed by atoms with Crippen molar-refractivity contribution in [1.82, 2.24) is 4.57 Å². The maximum atomic E-state index is 13.8. The average molecular weight is 389 g/mol. The van der Waals surface area contributed by atoms with Crippen molar-refractivity contribution in [2.45, 2.75) is 26.3 Å². The van der Waals surface area contributed by atoms with Gasteiger partial charge in [-0.15, -0.1) is 0 Å². The number of benzene rings is 1. The zero-order valence-electron chi connectivity index (χ0n) is 12.9. The Morgan fingerprint density at radius 3 is 2.96 bits per heavy atom. The Hall–Kier alpha value is -2.39. The highest BCUT2D eigenvalue weighted by Crippen LogP contribution is 2.30. The Morgan fingerprint density at radius 1 is 1.50 bits per heavy atom. The molecular weight excluding hydrogens is 375 g/mol. The molecule has 1 aliphatic heterocycles. The predicted octanol–water partition coefficient (Wildman–Crippen LogP) is 4.12. The highest BCUT2D eigenvalue weighted by molar-refractivity contribution is 9.10. The molecule has 24 heavy (non-hydrogen) atoms. The van der Waals surface area contributed by atoms with Crippen LogP contribution in [0.5, 0.6) is 5.75 Å². The van der Waals surface area contributed by atoms with Crippen molar-refractivity contribution in [3.05, 3.63) is 56.6 Å². The highest BCUT2D eigenvalue weighted by atomic mass is 79.9. The van der Waals surface area contributed by atoms with Gasteiger partial charge < -0.3 is 9.67 Å². The normalized spacial score (nSPS) is 13.2. The van der Waals surface area contributed by atoms with Crippen LogP contribution < -0.4 is 0 Å². The molecule has 3 rings (SSSR count). The summed E-state index contributed by atoms with van der Waals surface area (Å²) in [6.07, 6.45) is 4.38. The smallest absolute Gasteiger partial charge is 0.189 e. The maximum absolute atomic E-state index is 13.8.